The normalized spacial score (nSPS) is 10.4. The van der Waals surface area contributed by atoms with Crippen LogP contribution < -0.4 is 10.1 Å². The largest absolute Gasteiger partial charge is 0.494 e. The smallest absolute Gasteiger partial charge is 0.322 e. The molecule has 3 aromatic rings. The van der Waals surface area contributed by atoms with Crippen LogP contribution in [-0.4, -0.2) is 27.6 Å². The predicted molar refractivity (Wildman–Crippen MR) is 96.7 cm³/mol. The third-order valence-electron chi connectivity index (χ3n) is 3.80. The lowest BCUT2D eigenvalue weighted by Gasteiger charge is -2.05. The van der Waals surface area contributed by atoms with E-state index in [1.165, 1.54) is 25.1 Å². The van der Waals surface area contributed by atoms with Gasteiger partial charge in [-0.25, -0.2) is 0 Å². The average molecular weight is 368 g/mol. The van der Waals surface area contributed by atoms with Gasteiger partial charge in [0.15, 0.2) is 0 Å². The third-order valence-corrected chi connectivity index (χ3v) is 3.80. The van der Waals surface area contributed by atoms with Gasteiger partial charge in [-0.2, -0.15) is 0 Å². The van der Waals surface area contributed by atoms with E-state index in [0.717, 1.165) is 5.75 Å². The maximum absolute atomic E-state index is 12.4. The van der Waals surface area contributed by atoms with Crippen molar-refractivity contribution in [2.45, 2.75) is 13.8 Å². The fourth-order valence-corrected chi connectivity index (χ4v) is 2.48. The number of nitrogens with zero attached hydrogens (tertiary/aromatic N) is 3. The molecule has 0 spiro atoms. The first-order valence-electron chi connectivity index (χ1n) is 8.11. The van der Waals surface area contributed by atoms with Gasteiger partial charge in [0, 0.05) is 22.8 Å². The van der Waals surface area contributed by atoms with Gasteiger partial charge >= 0.3 is 6.01 Å². The number of ether oxygens (including phenoxy) is 1. The highest BCUT2D eigenvalue weighted by molar-refractivity contribution is 6.04. The SMILES string of the molecule is CCOc1ccc(-c2nnc(NC(=O)c3cccc([N+](=O)[O-])c3C)o2)cc1. The Kier molecular flexibility index (Phi) is 5.11. The molecule has 0 bridgehead atoms. The fraction of sp³-hybridized carbons (Fsp3) is 0.167. The van der Waals surface area contributed by atoms with E-state index in [9.17, 15) is 14.9 Å². The van der Waals surface area contributed by atoms with E-state index in [1.807, 2.05) is 6.92 Å². The van der Waals surface area contributed by atoms with Crippen LogP contribution in [0.15, 0.2) is 46.9 Å². The summed E-state index contributed by atoms with van der Waals surface area (Å²) in [7, 11) is 0. The molecule has 1 amide bonds. The molecule has 1 N–H and O–H groups in total. The van der Waals surface area contributed by atoms with Crippen molar-refractivity contribution >= 4 is 17.6 Å². The van der Waals surface area contributed by atoms with Crippen LogP contribution in [0.3, 0.4) is 0 Å². The second-order valence-electron chi connectivity index (χ2n) is 5.53. The quantitative estimate of drug-likeness (QED) is 0.521. The molecule has 0 unspecified atom stereocenters. The van der Waals surface area contributed by atoms with E-state index in [2.05, 4.69) is 15.5 Å². The monoisotopic (exact) mass is 368 g/mol. The standard InChI is InChI=1S/C18H16N4O5/c1-3-26-13-9-7-12(8-10-13)17-20-21-18(27-17)19-16(23)14-5-4-6-15(11(14)2)22(24)25/h4-10H,3H2,1-2H3,(H,19,21,23). The molecule has 0 aliphatic carbocycles. The Morgan fingerprint density at radius 3 is 2.63 bits per heavy atom. The molecule has 27 heavy (non-hydrogen) atoms. The van der Waals surface area contributed by atoms with Crippen molar-refractivity contribution in [3.8, 4) is 17.2 Å². The van der Waals surface area contributed by atoms with Crippen molar-refractivity contribution in [2.24, 2.45) is 0 Å². The summed E-state index contributed by atoms with van der Waals surface area (Å²) in [5, 5.41) is 21.2. The van der Waals surface area contributed by atoms with Gasteiger partial charge in [-0.1, -0.05) is 11.2 Å². The Morgan fingerprint density at radius 2 is 1.96 bits per heavy atom. The van der Waals surface area contributed by atoms with Crippen molar-refractivity contribution in [3.05, 3.63) is 63.7 Å². The number of carbonyl (C=O) groups excluding carboxylic acids is 1. The molecule has 138 valence electrons. The van der Waals surface area contributed by atoms with E-state index in [0.29, 0.717) is 12.2 Å². The second-order valence-corrected chi connectivity index (χ2v) is 5.53. The molecule has 9 heteroatoms. The summed E-state index contributed by atoms with van der Waals surface area (Å²) in [6.45, 7) is 3.96. The molecule has 0 aliphatic heterocycles. The maximum Gasteiger partial charge on any atom is 0.322 e. The number of hydrogen-bond acceptors (Lipinski definition) is 7. The predicted octanol–water partition coefficient (Wildman–Crippen LogP) is 3.60. The topological polar surface area (TPSA) is 120 Å². The summed E-state index contributed by atoms with van der Waals surface area (Å²) in [5.74, 6) is 0.373. The van der Waals surface area contributed by atoms with Crippen molar-refractivity contribution in [1.82, 2.24) is 10.2 Å². The van der Waals surface area contributed by atoms with Gasteiger partial charge in [-0.3, -0.25) is 20.2 Å². The zero-order valence-corrected chi connectivity index (χ0v) is 14.6. The van der Waals surface area contributed by atoms with Gasteiger partial charge in [-0.05, 0) is 44.2 Å². The van der Waals surface area contributed by atoms with Crippen LogP contribution in [-0.2, 0) is 0 Å². The van der Waals surface area contributed by atoms with Gasteiger partial charge in [-0.15, -0.1) is 5.10 Å². The van der Waals surface area contributed by atoms with Crippen molar-refractivity contribution in [1.29, 1.82) is 0 Å². The second kappa shape index (κ2) is 7.65. The molecule has 0 fully saturated rings. The maximum atomic E-state index is 12.4. The van der Waals surface area contributed by atoms with Gasteiger partial charge in [0.25, 0.3) is 11.6 Å². The number of aromatic nitrogens is 2. The number of nitro benzene ring substituents is 1. The molecule has 9 nitrogen and oxygen atoms in total. The molecule has 0 saturated carbocycles. The lowest BCUT2D eigenvalue weighted by Crippen LogP contribution is -2.14. The van der Waals surface area contributed by atoms with Crippen LogP contribution in [0.1, 0.15) is 22.8 Å². The molecule has 0 atom stereocenters. The van der Waals surface area contributed by atoms with Crippen LogP contribution in [0.4, 0.5) is 11.7 Å². The zero-order chi connectivity index (χ0) is 19.4. The lowest BCUT2D eigenvalue weighted by molar-refractivity contribution is -0.385. The summed E-state index contributed by atoms with van der Waals surface area (Å²) in [4.78, 5) is 22.9. The van der Waals surface area contributed by atoms with Crippen molar-refractivity contribution in [3.63, 3.8) is 0 Å². The van der Waals surface area contributed by atoms with E-state index in [-0.39, 0.29) is 28.7 Å². The van der Waals surface area contributed by atoms with Crippen LogP contribution in [0.25, 0.3) is 11.5 Å². The van der Waals surface area contributed by atoms with Gasteiger partial charge in [0.1, 0.15) is 5.75 Å². The van der Waals surface area contributed by atoms with Crippen LogP contribution in [0, 0.1) is 17.0 Å². The Bertz CT molecular complexity index is 982. The number of rotatable bonds is 6. The van der Waals surface area contributed by atoms with Gasteiger partial charge in [0.05, 0.1) is 11.5 Å². The fourth-order valence-electron chi connectivity index (χ4n) is 2.48. The number of amides is 1. The highest BCUT2D eigenvalue weighted by atomic mass is 16.6. The first kappa shape index (κ1) is 18.1. The van der Waals surface area contributed by atoms with Gasteiger partial charge < -0.3 is 9.15 Å². The Balaban J connectivity index is 1.77. The zero-order valence-electron chi connectivity index (χ0n) is 14.6. The van der Waals surface area contributed by atoms with Crippen LogP contribution >= 0.6 is 0 Å². The summed E-state index contributed by atoms with van der Waals surface area (Å²) in [5.41, 5.74) is 0.942. The average Bonchev–Trinajstić information content (AvgIpc) is 3.11. The van der Waals surface area contributed by atoms with E-state index in [4.69, 9.17) is 9.15 Å². The van der Waals surface area contributed by atoms with Crippen molar-refractivity contribution < 1.29 is 18.9 Å². The third kappa shape index (κ3) is 3.92. The lowest BCUT2D eigenvalue weighted by atomic mass is 10.1. The molecule has 0 radical (unpaired) electrons. The number of nitro groups is 1. The highest BCUT2D eigenvalue weighted by Crippen LogP contribution is 2.24. The molecular formula is C18H16N4O5. The van der Waals surface area contributed by atoms with Crippen LogP contribution in [0.5, 0.6) is 5.75 Å². The Hall–Kier alpha value is -3.75. The molecule has 0 saturated heterocycles. The Labute approximate surface area is 154 Å². The van der Waals surface area contributed by atoms with Crippen molar-refractivity contribution in [2.75, 3.05) is 11.9 Å². The van der Waals surface area contributed by atoms with Gasteiger partial charge in [0.2, 0.25) is 5.89 Å². The summed E-state index contributed by atoms with van der Waals surface area (Å²) in [6, 6.07) is 11.2. The molecule has 2 aromatic carbocycles. The minimum atomic E-state index is -0.571. The minimum Gasteiger partial charge on any atom is -0.494 e. The van der Waals surface area contributed by atoms with E-state index >= 15 is 0 Å². The number of anilines is 1. The number of carbonyl (C=O) groups is 1. The number of nitrogens with one attached hydrogen (secondary N) is 1. The molecule has 1 aromatic heterocycles. The number of hydrogen-bond donors (Lipinski definition) is 1. The first-order chi connectivity index (χ1) is 13.0. The molecule has 1 heterocycles. The van der Waals surface area contributed by atoms with E-state index in [1.54, 1.807) is 24.3 Å². The van der Waals surface area contributed by atoms with Crippen LogP contribution in [0.2, 0.25) is 0 Å². The Morgan fingerprint density at radius 1 is 1.22 bits per heavy atom. The molecular weight excluding hydrogens is 352 g/mol. The number of benzene rings is 2. The summed E-state index contributed by atoms with van der Waals surface area (Å²) < 4.78 is 10.8. The van der Waals surface area contributed by atoms with E-state index < -0.39 is 10.8 Å². The summed E-state index contributed by atoms with van der Waals surface area (Å²) in [6.07, 6.45) is 0. The molecule has 3 rings (SSSR count). The highest BCUT2D eigenvalue weighted by Gasteiger charge is 2.19. The first-order valence-corrected chi connectivity index (χ1v) is 8.11. The summed E-state index contributed by atoms with van der Waals surface area (Å²) >= 11 is 0. The minimum absolute atomic E-state index is 0.102. The molecule has 0 aliphatic rings.